The predicted molar refractivity (Wildman–Crippen MR) is 139 cm³/mol. The largest absolute Gasteiger partial charge is 0.489 e. The van der Waals surface area contributed by atoms with E-state index in [4.69, 9.17) is 9.47 Å². The highest BCUT2D eigenvalue weighted by molar-refractivity contribution is 8.03. The van der Waals surface area contributed by atoms with Gasteiger partial charge in [0.1, 0.15) is 18.1 Å². The molecule has 1 aliphatic carbocycles. The Morgan fingerprint density at radius 2 is 1.54 bits per heavy atom. The number of ether oxygens (including phenoxy) is 2. The molecule has 9 heteroatoms. The molecule has 184 valence electrons. The van der Waals surface area contributed by atoms with Crippen LogP contribution in [0.2, 0.25) is 0 Å². The lowest BCUT2D eigenvalue weighted by atomic mass is 10.1. The maximum atomic E-state index is 12.6. The van der Waals surface area contributed by atoms with Crippen LogP contribution in [0.4, 0.5) is 0 Å². The Labute approximate surface area is 216 Å². The number of carbonyl (C=O) groups excluding carboxylic acids is 3. The van der Waals surface area contributed by atoms with E-state index >= 15 is 0 Å². The fourth-order valence-corrected chi connectivity index (χ4v) is 4.35. The van der Waals surface area contributed by atoms with E-state index in [1.165, 1.54) is 6.08 Å². The fraction of sp³-hybridized carbons (Fsp3) is 0.0714. The third-order valence-corrected chi connectivity index (χ3v) is 6.26. The number of ketones is 2. The fourth-order valence-electron chi connectivity index (χ4n) is 3.51. The lowest BCUT2D eigenvalue weighted by Gasteiger charge is -2.13. The van der Waals surface area contributed by atoms with Crippen molar-refractivity contribution in [3.8, 4) is 11.5 Å². The molecule has 3 aromatic carbocycles. The molecular weight excluding hydrogens is 490 g/mol. The molecule has 2 N–H and O–H groups in total. The number of fused-ring (bicyclic) bond motifs is 1. The summed E-state index contributed by atoms with van der Waals surface area (Å²) in [6, 6.07) is 24.1. The third-order valence-electron chi connectivity index (χ3n) is 5.34. The second kappa shape index (κ2) is 11.0. The number of hydrogen-bond acceptors (Lipinski definition) is 7. The number of allylic oxidation sites excluding steroid dienone is 3. The minimum absolute atomic E-state index is 0.0998. The molecule has 0 atom stereocenters. The van der Waals surface area contributed by atoms with Crippen LogP contribution in [-0.2, 0) is 21.0 Å². The molecule has 0 radical (unpaired) electrons. The van der Waals surface area contributed by atoms with E-state index in [-0.39, 0.29) is 17.2 Å². The second-order valence-corrected chi connectivity index (χ2v) is 9.07. The van der Waals surface area contributed by atoms with Crippen LogP contribution in [0.5, 0.6) is 11.5 Å². The molecule has 1 amide bonds. The van der Waals surface area contributed by atoms with Crippen molar-refractivity contribution in [2.24, 2.45) is 0 Å². The van der Waals surface area contributed by atoms with E-state index in [0.29, 0.717) is 23.3 Å². The number of imidazole rings is 1. The van der Waals surface area contributed by atoms with Crippen LogP contribution in [0, 0.1) is 0 Å². The molecular formula is C28H21N3O5S. The maximum absolute atomic E-state index is 12.6. The van der Waals surface area contributed by atoms with Gasteiger partial charge in [-0.15, -0.1) is 0 Å². The normalized spacial score (nSPS) is 13.2. The van der Waals surface area contributed by atoms with Gasteiger partial charge in [0.25, 0.3) is 5.91 Å². The van der Waals surface area contributed by atoms with Gasteiger partial charge in [-0.2, -0.15) is 0 Å². The van der Waals surface area contributed by atoms with Crippen LogP contribution in [0.15, 0.2) is 107 Å². The zero-order chi connectivity index (χ0) is 25.6. The van der Waals surface area contributed by atoms with Gasteiger partial charge in [-0.05, 0) is 53.7 Å². The van der Waals surface area contributed by atoms with Crippen molar-refractivity contribution in [2.75, 3.05) is 6.61 Å². The van der Waals surface area contributed by atoms with Gasteiger partial charge in [0, 0.05) is 12.2 Å². The molecule has 0 unspecified atom stereocenters. The van der Waals surface area contributed by atoms with E-state index in [1.54, 1.807) is 24.3 Å². The number of nitrogens with one attached hydrogen (secondary N) is 2. The van der Waals surface area contributed by atoms with Crippen molar-refractivity contribution in [3.05, 3.63) is 107 Å². The number of benzene rings is 3. The average molecular weight is 512 g/mol. The lowest BCUT2D eigenvalue weighted by Crippen LogP contribution is -2.33. The molecule has 1 aromatic heterocycles. The highest BCUT2D eigenvalue weighted by atomic mass is 32.2. The lowest BCUT2D eigenvalue weighted by molar-refractivity contribution is -0.124. The zero-order valence-electron chi connectivity index (χ0n) is 19.5. The van der Waals surface area contributed by atoms with Gasteiger partial charge in [-0.1, -0.05) is 42.5 Å². The molecule has 0 saturated heterocycles. The first-order valence-electron chi connectivity index (χ1n) is 11.4. The minimum atomic E-state index is -0.557. The van der Waals surface area contributed by atoms with E-state index in [1.807, 2.05) is 54.6 Å². The highest BCUT2D eigenvalue weighted by Crippen LogP contribution is 2.29. The van der Waals surface area contributed by atoms with Crippen LogP contribution in [0.3, 0.4) is 0 Å². The summed E-state index contributed by atoms with van der Waals surface area (Å²) < 4.78 is 11.2. The first-order valence-corrected chi connectivity index (χ1v) is 12.2. The number of hydrogen-bond donors (Lipinski definition) is 2. The summed E-state index contributed by atoms with van der Waals surface area (Å²) in [4.78, 5) is 45.1. The molecule has 5 rings (SSSR count). The molecule has 4 aromatic rings. The number of carbonyl (C=O) groups is 3. The molecule has 0 saturated carbocycles. The molecule has 0 spiro atoms. The Morgan fingerprint density at radius 3 is 2.30 bits per heavy atom. The number of para-hydroxylation sites is 2. The Balaban J connectivity index is 1.11. The summed E-state index contributed by atoms with van der Waals surface area (Å²) in [7, 11) is 0. The van der Waals surface area contributed by atoms with E-state index in [9.17, 15) is 14.4 Å². The number of H-pyrrole nitrogens is 1. The second-order valence-electron chi connectivity index (χ2n) is 8.04. The van der Waals surface area contributed by atoms with Gasteiger partial charge in [-0.3, -0.25) is 14.4 Å². The van der Waals surface area contributed by atoms with Gasteiger partial charge in [0.05, 0.1) is 21.6 Å². The molecule has 1 aliphatic rings. The third kappa shape index (κ3) is 6.14. The highest BCUT2D eigenvalue weighted by Gasteiger charge is 2.23. The minimum Gasteiger partial charge on any atom is -0.489 e. The van der Waals surface area contributed by atoms with Gasteiger partial charge in [0.15, 0.2) is 17.5 Å². The summed E-state index contributed by atoms with van der Waals surface area (Å²) in [5, 5.41) is 2.95. The SMILES string of the molecule is O=C(COc1ccc(OCc2ccccc2)cc1)NC1=CC(=O)C(Sc2nc3ccccc3[nH]2)=CC1=O. The first-order chi connectivity index (χ1) is 18.0. The standard InChI is InChI=1S/C28H21N3O5S/c32-24-15-26(37-28-30-21-8-4-5-9-22(21)31-28)25(33)14-23(24)29-27(34)17-36-20-12-10-19(11-13-20)35-16-18-6-2-1-3-7-18/h1-15H,16-17H2,(H,29,34)(H,30,31). The van der Waals surface area contributed by atoms with Gasteiger partial charge in [-0.25, -0.2) is 4.98 Å². The average Bonchev–Trinajstić information content (AvgIpc) is 3.33. The zero-order valence-corrected chi connectivity index (χ0v) is 20.3. The van der Waals surface area contributed by atoms with E-state index < -0.39 is 17.5 Å². The number of amides is 1. The van der Waals surface area contributed by atoms with Gasteiger partial charge >= 0.3 is 0 Å². The Morgan fingerprint density at radius 1 is 0.838 bits per heavy atom. The number of rotatable bonds is 9. The van der Waals surface area contributed by atoms with Crippen LogP contribution < -0.4 is 14.8 Å². The topological polar surface area (TPSA) is 110 Å². The smallest absolute Gasteiger partial charge is 0.262 e. The first kappa shape index (κ1) is 24.1. The van der Waals surface area contributed by atoms with Crippen LogP contribution in [-0.4, -0.2) is 34.0 Å². The van der Waals surface area contributed by atoms with Gasteiger partial charge < -0.3 is 19.8 Å². The Hall–Kier alpha value is -4.63. The van der Waals surface area contributed by atoms with E-state index in [2.05, 4.69) is 15.3 Å². The molecule has 37 heavy (non-hydrogen) atoms. The number of nitrogens with zero attached hydrogens (tertiary/aromatic N) is 1. The van der Waals surface area contributed by atoms with Crippen molar-refractivity contribution in [3.63, 3.8) is 0 Å². The van der Waals surface area contributed by atoms with Crippen molar-refractivity contribution in [1.82, 2.24) is 15.3 Å². The Bertz CT molecular complexity index is 1490. The quantitative estimate of drug-likeness (QED) is 0.322. The maximum Gasteiger partial charge on any atom is 0.262 e. The van der Waals surface area contributed by atoms with Crippen molar-refractivity contribution >= 4 is 40.3 Å². The summed E-state index contributed by atoms with van der Waals surface area (Å²) in [5.74, 6) is -0.302. The Kier molecular flexibility index (Phi) is 7.14. The van der Waals surface area contributed by atoms with Crippen molar-refractivity contribution < 1.29 is 23.9 Å². The van der Waals surface area contributed by atoms with Crippen LogP contribution in [0.1, 0.15) is 5.56 Å². The molecule has 0 fully saturated rings. The molecule has 1 heterocycles. The van der Waals surface area contributed by atoms with Gasteiger partial charge in [0.2, 0.25) is 5.78 Å². The number of thioether (sulfide) groups is 1. The molecule has 0 bridgehead atoms. The summed E-state index contributed by atoms with van der Waals surface area (Å²) in [6.45, 7) is 0.117. The summed E-state index contributed by atoms with van der Waals surface area (Å²) in [5.41, 5.74) is 2.55. The monoisotopic (exact) mass is 511 g/mol. The molecule has 8 nitrogen and oxygen atoms in total. The van der Waals surface area contributed by atoms with Crippen molar-refractivity contribution in [2.45, 2.75) is 11.8 Å². The number of aromatic amines is 1. The van der Waals surface area contributed by atoms with Crippen LogP contribution >= 0.6 is 11.8 Å². The van der Waals surface area contributed by atoms with Crippen molar-refractivity contribution in [1.29, 1.82) is 0 Å². The van der Waals surface area contributed by atoms with E-state index in [0.717, 1.165) is 34.4 Å². The van der Waals surface area contributed by atoms with Crippen LogP contribution in [0.25, 0.3) is 11.0 Å². The molecule has 0 aliphatic heterocycles. The summed E-state index contributed by atoms with van der Waals surface area (Å²) in [6.07, 6.45) is 2.31. The number of aromatic nitrogens is 2. The predicted octanol–water partition coefficient (Wildman–Crippen LogP) is 4.35. The summed E-state index contributed by atoms with van der Waals surface area (Å²) >= 11 is 1.07.